The summed E-state index contributed by atoms with van der Waals surface area (Å²) in [7, 11) is 0. The van der Waals surface area contributed by atoms with Gasteiger partial charge in [-0.2, -0.15) is 0 Å². The monoisotopic (exact) mass is 283 g/mol. The second-order valence-corrected chi connectivity index (χ2v) is 6.06. The van der Waals surface area contributed by atoms with E-state index in [0.717, 1.165) is 37.9 Å². The Hall–Kier alpha value is -0.980. The fraction of sp³-hybridized carbons (Fsp3) is 0.692. The van der Waals surface area contributed by atoms with Crippen LogP contribution in [-0.2, 0) is 11.3 Å². The molecule has 0 atom stereocenters. The highest BCUT2D eigenvalue weighted by Gasteiger charge is 2.15. The van der Waals surface area contributed by atoms with Crippen molar-refractivity contribution in [3.63, 3.8) is 0 Å². The van der Waals surface area contributed by atoms with Gasteiger partial charge in [-0.05, 0) is 5.92 Å². The quantitative estimate of drug-likeness (QED) is 0.886. The number of hydrogen-bond acceptors (Lipinski definition) is 5. The Bertz CT molecular complexity index is 414. The molecule has 0 aliphatic carbocycles. The van der Waals surface area contributed by atoms with Crippen LogP contribution in [0.4, 0.5) is 0 Å². The van der Waals surface area contributed by atoms with Crippen molar-refractivity contribution in [2.45, 2.75) is 20.4 Å². The van der Waals surface area contributed by atoms with Crippen molar-refractivity contribution in [3.05, 3.63) is 16.1 Å². The van der Waals surface area contributed by atoms with Crippen molar-refractivity contribution in [3.8, 4) is 0 Å². The van der Waals surface area contributed by atoms with Gasteiger partial charge in [0, 0.05) is 25.0 Å². The van der Waals surface area contributed by atoms with E-state index in [2.05, 4.69) is 29.0 Å². The summed E-state index contributed by atoms with van der Waals surface area (Å²) in [4.78, 5) is 18.6. The minimum Gasteiger partial charge on any atom is -0.379 e. The lowest BCUT2D eigenvalue weighted by atomic mass is 10.2. The Labute approximate surface area is 118 Å². The predicted octanol–water partition coefficient (Wildman–Crippen LogP) is 1.36. The molecule has 1 amide bonds. The molecule has 1 saturated heterocycles. The van der Waals surface area contributed by atoms with Gasteiger partial charge in [0.1, 0.15) is 10.7 Å². The SMILES string of the molecule is CC(C)CNC(=O)c1csc(CN2CCOCC2)n1. The molecule has 1 aliphatic heterocycles. The van der Waals surface area contributed by atoms with Crippen LogP contribution in [0.5, 0.6) is 0 Å². The first-order valence-electron chi connectivity index (χ1n) is 6.68. The molecule has 1 aliphatic rings. The zero-order chi connectivity index (χ0) is 13.7. The van der Waals surface area contributed by atoms with Gasteiger partial charge in [-0.15, -0.1) is 11.3 Å². The van der Waals surface area contributed by atoms with Crippen molar-refractivity contribution >= 4 is 17.2 Å². The smallest absolute Gasteiger partial charge is 0.270 e. The first-order valence-corrected chi connectivity index (χ1v) is 7.56. The highest BCUT2D eigenvalue weighted by Crippen LogP contribution is 2.13. The Morgan fingerprint density at radius 2 is 2.26 bits per heavy atom. The van der Waals surface area contributed by atoms with Gasteiger partial charge in [0.2, 0.25) is 0 Å². The lowest BCUT2D eigenvalue weighted by Gasteiger charge is -2.25. The normalized spacial score (nSPS) is 16.8. The van der Waals surface area contributed by atoms with Crippen LogP contribution in [-0.4, -0.2) is 48.6 Å². The summed E-state index contributed by atoms with van der Waals surface area (Å²) in [6.07, 6.45) is 0. The third-order valence-electron chi connectivity index (χ3n) is 2.92. The molecule has 1 aromatic rings. The van der Waals surface area contributed by atoms with Crippen LogP contribution in [0.3, 0.4) is 0 Å². The van der Waals surface area contributed by atoms with Crippen LogP contribution in [0, 0.1) is 5.92 Å². The van der Waals surface area contributed by atoms with Gasteiger partial charge < -0.3 is 10.1 Å². The molecule has 5 nitrogen and oxygen atoms in total. The molecule has 6 heteroatoms. The molecule has 0 spiro atoms. The number of amides is 1. The Morgan fingerprint density at radius 3 is 2.95 bits per heavy atom. The van der Waals surface area contributed by atoms with Gasteiger partial charge in [0.15, 0.2) is 0 Å². The Kier molecular flexibility index (Phi) is 5.30. The maximum Gasteiger partial charge on any atom is 0.270 e. The van der Waals surface area contributed by atoms with Crippen molar-refractivity contribution < 1.29 is 9.53 Å². The summed E-state index contributed by atoms with van der Waals surface area (Å²) >= 11 is 1.55. The van der Waals surface area contributed by atoms with Gasteiger partial charge in [0.25, 0.3) is 5.91 Å². The first kappa shape index (κ1) is 14.4. The van der Waals surface area contributed by atoms with Crippen molar-refractivity contribution in [2.75, 3.05) is 32.8 Å². The fourth-order valence-corrected chi connectivity index (χ4v) is 2.64. The van der Waals surface area contributed by atoms with E-state index in [1.54, 1.807) is 11.3 Å². The average molecular weight is 283 g/mol. The Morgan fingerprint density at radius 1 is 1.53 bits per heavy atom. The van der Waals surface area contributed by atoms with Crippen LogP contribution >= 0.6 is 11.3 Å². The molecule has 106 valence electrons. The minimum absolute atomic E-state index is 0.0711. The molecule has 0 unspecified atom stereocenters. The van der Waals surface area contributed by atoms with E-state index in [-0.39, 0.29) is 5.91 Å². The second-order valence-electron chi connectivity index (χ2n) is 5.12. The number of aromatic nitrogens is 1. The molecule has 0 radical (unpaired) electrons. The van der Waals surface area contributed by atoms with Crippen molar-refractivity contribution in [1.29, 1.82) is 0 Å². The van der Waals surface area contributed by atoms with E-state index in [1.165, 1.54) is 0 Å². The lowest BCUT2D eigenvalue weighted by molar-refractivity contribution is 0.0341. The molecule has 0 aromatic carbocycles. The van der Waals surface area contributed by atoms with Gasteiger partial charge in [-0.25, -0.2) is 4.98 Å². The maximum atomic E-state index is 11.9. The molecule has 2 heterocycles. The van der Waals surface area contributed by atoms with E-state index >= 15 is 0 Å². The number of morpholine rings is 1. The van der Waals surface area contributed by atoms with E-state index in [4.69, 9.17) is 4.74 Å². The Balaban J connectivity index is 1.85. The summed E-state index contributed by atoms with van der Waals surface area (Å²) in [6.45, 7) is 9.10. The topological polar surface area (TPSA) is 54.5 Å². The molecule has 1 fully saturated rings. The molecular weight excluding hydrogens is 262 g/mol. The highest BCUT2D eigenvalue weighted by atomic mass is 32.1. The number of nitrogens with zero attached hydrogens (tertiary/aromatic N) is 2. The molecule has 1 aromatic heterocycles. The van der Waals surface area contributed by atoms with E-state index in [0.29, 0.717) is 18.2 Å². The van der Waals surface area contributed by atoms with E-state index in [9.17, 15) is 4.79 Å². The summed E-state index contributed by atoms with van der Waals surface area (Å²) < 4.78 is 5.31. The minimum atomic E-state index is -0.0711. The second kappa shape index (κ2) is 6.98. The van der Waals surface area contributed by atoms with Crippen LogP contribution in [0.15, 0.2) is 5.38 Å². The van der Waals surface area contributed by atoms with Gasteiger partial charge in [-0.1, -0.05) is 13.8 Å². The summed E-state index contributed by atoms with van der Waals surface area (Å²) in [6, 6.07) is 0. The predicted molar refractivity (Wildman–Crippen MR) is 75.4 cm³/mol. The van der Waals surface area contributed by atoms with Crippen LogP contribution in [0.2, 0.25) is 0 Å². The largest absolute Gasteiger partial charge is 0.379 e. The third-order valence-corrected chi connectivity index (χ3v) is 3.75. The number of nitrogens with one attached hydrogen (secondary N) is 1. The maximum absolute atomic E-state index is 11.9. The summed E-state index contributed by atoms with van der Waals surface area (Å²) in [5.74, 6) is 0.383. The zero-order valence-electron chi connectivity index (χ0n) is 11.5. The fourth-order valence-electron chi connectivity index (χ4n) is 1.83. The molecule has 1 N–H and O–H groups in total. The number of carbonyl (C=O) groups excluding carboxylic acids is 1. The van der Waals surface area contributed by atoms with Crippen molar-refractivity contribution in [2.24, 2.45) is 5.92 Å². The number of ether oxygens (including phenoxy) is 1. The molecule has 2 rings (SSSR count). The van der Waals surface area contributed by atoms with Gasteiger partial charge >= 0.3 is 0 Å². The number of thiazole rings is 1. The lowest BCUT2D eigenvalue weighted by Crippen LogP contribution is -2.35. The average Bonchev–Trinajstić information content (AvgIpc) is 2.85. The van der Waals surface area contributed by atoms with Crippen LogP contribution in [0.1, 0.15) is 29.3 Å². The first-order chi connectivity index (χ1) is 9.15. The molecule has 19 heavy (non-hydrogen) atoms. The van der Waals surface area contributed by atoms with Gasteiger partial charge in [0.05, 0.1) is 19.8 Å². The standard InChI is InChI=1S/C13H21N3O2S/c1-10(2)7-14-13(17)11-9-19-12(15-11)8-16-3-5-18-6-4-16/h9-10H,3-8H2,1-2H3,(H,14,17). The number of hydrogen-bond donors (Lipinski definition) is 1. The zero-order valence-corrected chi connectivity index (χ0v) is 12.3. The third kappa shape index (κ3) is 4.56. The number of rotatable bonds is 5. The van der Waals surface area contributed by atoms with Crippen LogP contribution in [0.25, 0.3) is 0 Å². The van der Waals surface area contributed by atoms with E-state index in [1.807, 2.05) is 5.38 Å². The van der Waals surface area contributed by atoms with Gasteiger partial charge in [-0.3, -0.25) is 9.69 Å². The molecular formula is C13H21N3O2S. The number of carbonyl (C=O) groups is 1. The molecule has 0 bridgehead atoms. The molecule has 0 saturated carbocycles. The van der Waals surface area contributed by atoms with E-state index < -0.39 is 0 Å². The summed E-state index contributed by atoms with van der Waals surface area (Å²) in [5, 5.41) is 5.72. The van der Waals surface area contributed by atoms with Crippen LogP contribution < -0.4 is 5.32 Å². The summed E-state index contributed by atoms with van der Waals surface area (Å²) in [5.41, 5.74) is 0.536. The highest BCUT2D eigenvalue weighted by molar-refractivity contribution is 7.09. The van der Waals surface area contributed by atoms with Crippen molar-refractivity contribution in [1.82, 2.24) is 15.2 Å².